The van der Waals surface area contributed by atoms with Crippen LogP contribution in [0.1, 0.15) is 39.5 Å². The summed E-state index contributed by atoms with van der Waals surface area (Å²) in [5.41, 5.74) is 6.11. The van der Waals surface area contributed by atoms with Gasteiger partial charge in [-0.1, -0.05) is 26.7 Å². The Morgan fingerprint density at radius 2 is 1.94 bits per heavy atom. The molecule has 0 aromatic heterocycles. The number of rotatable bonds is 6. The summed E-state index contributed by atoms with van der Waals surface area (Å²) >= 11 is 0. The van der Waals surface area contributed by atoms with Crippen molar-refractivity contribution in [2.75, 3.05) is 0 Å². The Bertz CT molecular complexity index is 410. The molecule has 2 N–H and O–H groups in total. The molecule has 0 aromatic carbocycles. The van der Waals surface area contributed by atoms with Crippen molar-refractivity contribution in [3.63, 3.8) is 0 Å². The lowest BCUT2D eigenvalue weighted by molar-refractivity contribution is 0.384. The predicted molar refractivity (Wildman–Crippen MR) is 70.9 cm³/mol. The van der Waals surface area contributed by atoms with E-state index in [2.05, 4.69) is 23.8 Å². The molecular weight excluding hydrogens is 226 g/mol. The summed E-state index contributed by atoms with van der Waals surface area (Å²) in [6.07, 6.45) is 4.09. The fourth-order valence-corrected chi connectivity index (χ4v) is 2.06. The minimum Gasteiger partial charge on any atom is -0.382 e. The molecule has 0 fully saturated rings. The maximum atomic E-state index is 8.86. The van der Waals surface area contributed by atoms with Crippen molar-refractivity contribution < 1.29 is 0 Å². The van der Waals surface area contributed by atoms with Crippen molar-refractivity contribution >= 4 is 11.5 Å². The van der Waals surface area contributed by atoms with E-state index in [1.165, 1.54) is 0 Å². The van der Waals surface area contributed by atoms with E-state index < -0.39 is 5.92 Å². The van der Waals surface area contributed by atoms with Crippen LogP contribution in [0.3, 0.4) is 0 Å². The van der Waals surface area contributed by atoms with Gasteiger partial charge < -0.3 is 5.73 Å². The standard InChI is InChI=1S/C13H19N5/c1-3-5-6-9(4-2)13-17-11(12(16)18-13)10(7-14)8-15/h9-10,13H,3-6H2,1-2H3,(H2,16,18)/t9-,13-/m0/s1. The first-order chi connectivity index (χ1) is 8.67. The van der Waals surface area contributed by atoms with Gasteiger partial charge in [-0.3, -0.25) is 4.99 Å². The van der Waals surface area contributed by atoms with Gasteiger partial charge in [0, 0.05) is 5.92 Å². The van der Waals surface area contributed by atoms with Crippen LogP contribution in [0, 0.1) is 34.5 Å². The zero-order chi connectivity index (χ0) is 13.5. The molecule has 1 aliphatic rings. The number of nitrogens with zero attached hydrogens (tertiary/aromatic N) is 4. The molecule has 0 spiro atoms. The van der Waals surface area contributed by atoms with Gasteiger partial charge in [-0.2, -0.15) is 10.5 Å². The number of hydrogen-bond acceptors (Lipinski definition) is 5. The van der Waals surface area contributed by atoms with Gasteiger partial charge in [0.25, 0.3) is 0 Å². The highest BCUT2D eigenvalue weighted by molar-refractivity contribution is 6.43. The molecule has 0 bridgehead atoms. The molecule has 0 saturated carbocycles. The summed E-state index contributed by atoms with van der Waals surface area (Å²) in [6.45, 7) is 4.25. The normalized spacial score (nSPS) is 19.9. The molecule has 5 heteroatoms. The highest BCUT2D eigenvalue weighted by Gasteiger charge is 2.29. The Kier molecular flexibility index (Phi) is 5.32. The molecule has 0 radical (unpaired) electrons. The lowest BCUT2D eigenvalue weighted by Crippen LogP contribution is -2.26. The van der Waals surface area contributed by atoms with Crippen molar-refractivity contribution in [2.24, 2.45) is 27.6 Å². The van der Waals surface area contributed by atoms with Gasteiger partial charge in [-0.15, -0.1) is 0 Å². The zero-order valence-electron chi connectivity index (χ0n) is 10.9. The van der Waals surface area contributed by atoms with Crippen molar-refractivity contribution in [1.82, 2.24) is 0 Å². The molecule has 5 nitrogen and oxygen atoms in total. The van der Waals surface area contributed by atoms with Crippen LogP contribution in [0.15, 0.2) is 9.98 Å². The Morgan fingerprint density at radius 1 is 1.28 bits per heavy atom. The van der Waals surface area contributed by atoms with Gasteiger partial charge in [-0.25, -0.2) is 4.99 Å². The van der Waals surface area contributed by atoms with Gasteiger partial charge in [-0.05, 0) is 12.8 Å². The molecular formula is C13H19N5. The smallest absolute Gasteiger partial charge is 0.178 e. The number of unbranched alkanes of at least 4 members (excludes halogenated alkanes) is 1. The average Bonchev–Trinajstić information content (AvgIpc) is 2.74. The van der Waals surface area contributed by atoms with Crippen molar-refractivity contribution in [1.29, 1.82) is 10.5 Å². The number of hydrogen-bond donors (Lipinski definition) is 1. The van der Waals surface area contributed by atoms with Crippen LogP contribution >= 0.6 is 0 Å². The first kappa shape index (κ1) is 14.2. The van der Waals surface area contributed by atoms with Crippen molar-refractivity contribution in [2.45, 2.75) is 45.7 Å². The van der Waals surface area contributed by atoms with E-state index in [0.29, 0.717) is 11.6 Å². The lowest BCUT2D eigenvalue weighted by Gasteiger charge is -2.16. The average molecular weight is 245 g/mol. The second-order valence-electron chi connectivity index (χ2n) is 4.44. The summed E-state index contributed by atoms with van der Waals surface area (Å²) in [5.74, 6) is -0.301. The third kappa shape index (κ3) is 3.07. The van der Waals surface area contributed by atoms with Crippen LogP contribution < -0.4 is 5.73 Å². The SMILES string of the molecule is CCCC[C@H](CC)[C@@H]1N=C(N)C(C(C#N)C#N)=N1. The van der Waals surface area contributed by atoms with Crippen LogP contribution in [-0.4, -0.2) is 17.7 Å². The Hall–Kier alpha value is -1.88. The van der Waals surface area contributed by atoms with Gasteiger partial charge in [0.2, 0.25) is 0 Å². The number of amidine groups is 1. The highest BCUT2D eigenvalue weighted by atomic mass is 15.1. The summed E-state index contributed by atoms with van der Waals surface area (Å²) < 4.78 is 0. The molecule has 18 heavy (non-hydrogen) atoms. The zero-order valence-corrected chi connectivity index (χ0v) is 10.9. The number of nitrogens with two attached hydrogens (primary N) is 1. The van der Waals surface area contributed by atoms with Crippen LogP contribution in [0.4, 0.5) is 0 Å². The molecule has 2 atom stereocenters. The highest BCUT2D eigenvalue weighted by Crippen LogP contribution is 2.24. The van der Waals surface area contributed by atoms with Gasteiger partial charge in [0.1, 0.15) is 17.7 Å². The molecule has 0 unspecified atom stereocenters. The number of nitriles is 2. The van der Waals surface area contributed by atoms with E-state index >= 15 is 0 Å². The Morgan fingerprint density at radius 3 is 2.44 bits per heavy atom. The first-order valence-corrected chi connectivity index (χ1v) is 6.38. The van der Waals surface area contributed by atoms with Crippen LogP contribution in [0.25, 0.3) is 0 Å². The van der Waals surface area contributed by atoms with Gasteiger partial charge >= 0.3 is 0 Å². The van der Waals surface area contributed by atoms with Crippen LogP contribution in [-0.2, 0) is 0 Å². The molecule has 0 saturated heterocycles. The van der Waals surface area contributed by atoms with Crippen molar-refractivity contribution in [3.8, 4) is 12.1 Å². The Labute approximate surface area is 108 Å². The monoisotopic (exact) mass is 245 g/mol. The molecule has 1 heterocycles. The number of aliphatic imine (C=N–C) groups is 2. The second kappa shape index (κ2) is 6.76. The minimum absolute atomic E-state index is 0.208. The maximum Gasteiger partial charge on any atom is 0.178 e. The molecule has 96 valence electrons. The predicted octanol–water partition coefficient (Wildman–Crippen LogP) is 2.00. The molecule has 0 aliphatic carbocycles. The van der Waals surface area contributed by atoms with Gasteiger partial charge in [0.15, 0.2) is 5.92 Å². The summed E-state index contributed by atoms with van der Waals surface area (Å²) in [6, 6.07) is 3.78. The molecule has 0 amide bonds. The second-order valence-corrected chi connectivity index (χ2v) is 4.44. The van der Waals surface area contributed by atoms with E-state index in [-0.39, 0.29) is 12.0 Å². The molecule has 1 rings (SSSR count). The lowest BCUT2D eigenvalue weighted by atomic mass is 9.96. The summed E-state index contributed by atoms with van der Waals surface area (Å²) in [5, 5.41) is 17.7. The van der Waals surface area contributed by atoms with Crippen LogP contribution in [0.5, 0.6) is 0 Å². The Balaban J connectivity index is 2.83. The van der Waals surface area contributed by atoms with E-state index in [4.69, 9.17) is 16.3 Å². The van der Waals surface area contributed by atoms with Crippen LogP contribution in [0.2, 0.25) is 0 Å². The van der Waals surface area contributed by atoms with Gasteiger partial charge in [0.05, 0.1) is 12.1 Å². The molecule has 0 aromatic rings. The molecule has 1 aliphatic heterocycles. The quantitative estimate of drug-likeness (QED) is 0.774. The third-order valence-corrected chi connectivity index (χ3v) is 3.21. The summed E-state index contributed by atoms with van der Waals surface area (Å²) in [7, 11) is 0. The van der Waals surface area contributed by atoms with Crippen molar-refractivity contribution in [3.05, 3.63) is 0 Å². The van der Waals surface area contributed by atoms with E-state index in [1.807, 2.05) is 12.1 Å². The fraction of sp³-hybridized carbons (Fsp3) is 0.692. The van der Waals surface area contributed by atoms with E-state index in [9.17, 15) is 0 Å². The van der Waals surface area contributed by atoms with E-state index in [1.54, 1.807) is 0 Å². The largest absolute Gasteiger partial charge is 0.382 e. The summed E-state index contributed by atoms with van der Waals surface area (Å²) in [4.78, 5) is 8.68. The minimum atomic E-state index is -0.901. The first-order valence-electron chi connectivity index (χ1n) is 6.38. The fourth-order valence-electron chi connectivity index (χ4n) is 2.06. The topological polar surface area (TPSA) is 98.3 Å². The maximum absolute atomic E-state index is 8.86. The third-order valence-electron chi connectivity index (χ3n) is 3.21. The van der Waals surface area contributed by atoms with E-state index in [0.717, 1.165) is 25.7 Å².